The lowest BCUT2D eigenvalue weighted by Crippen LogP contribution is -2.49. The number of hydrogen-bond acceptors (Lipinski definition) is 4. The maximum absolute atomic E-state index is 12.4. The van der Waals surface area contributed by atoms with Gasteiger partial charge in [0.1, 0.15) is 11.8 Å². The van der Waals surface area contributed by atoms with Gasteiger partial charge in [-0.25, -0.2) is 0 Å². The van der Waals surface area contributed by atoms with Crippen LogP contribution in [0, 0.1) is 5.92 Å². The number of fused-ring (bicyclic) bond motifs is 5. The molecule has 2 bridgehead atoms. The molecule has 7 nitrogen and oxygen atoms in total. The van der Waals surface area contributed by atoms with Gasteiger partial charge in [0.25, 0.3) is 5.56 Å². The summed E-state index contributed by atoms with van der Waals surface area (Å²) in [5, 5.41) is 11.0. The number of pyridine rings is 1. The molecule has 1 unspecified atom stereocenters. The largest absolute Gasteiger partial charge is 0.497 e. The third-order valence-corrected chi connectivity index (χ3v) is 6.32. The topological polar surface area (TPSA) is 87.6 Å². The first-order valence-corrected chi connectivity index (χ1v) is 9.86. The highest BCUT2D eigenvalue weighted by molar-refractivity contribution is 5.90. The van der Waals surface area contributed by atoms with Crippen LogP contribution in [-0.4, -0.2) is 45.7 Å². The molecule has 2 aliphatic rings. The van der Waals surface area contributed by atoms with Crippen molar-refractivity contribution in [3.8, 4) is 5.75 Å². The van der Waals surface area contributed by atoms with Gasteiger partial charge in [-0.2, -0.15) is 0 Å². The maximum Gasteiger partial charge on any atom is 0.325 e. The summed E-state index contributed by atoms with van der Waals surface area (Å²) in [6.07, 6.45) is 2.79. The Morgan fingerprint density at radius 2 is 2.10 bits per heavy atom. The number of nitrogens with one attached hydrogen (secondary N) is 1. The smallest absolute Gasteiger partial charge is 0.325 e. The number of hydrogen-bond donors (Lipinski definition) is 2. The number of carboxylic acids is 1. The van der Waals surface area contributed by atoms with Gasteiger partial charge < -0.3 is 19.4 Å². The SMILES string of the molecule is COc1ccc2[nH]cc(C(C(=O)O)N3C[C@H]4C[C@H](C3)c3cccc(=O)n3C4)c2c1. The fourth-order valence-corrected chi connectivity index (χ4v) is 5.10. The predicted octanol–water partition coefficient (Wildman–Crippen LogP) is 2.58. The van der Waals surface area contributed by atoms with E-state index in [4.69, 9.17) is 4.74 Å². The van der Waals surface area contributed by atoms with E-state index in [0.717, 1.165) is 28.6 Å². The Labute approximate surface area is 167 Å². The van der Waals surface area contributed by atoms with Crippen molar-refractivity contribution in [3.05, 3.63) is 64.2 Å². The van der Waals surface area contributed by atoms with Gasteiger partial charge in [0, 0.05) is 60.0 Å². The molecule has 3 atom stereocenters. The Morgan fingerprint density at radius 1 is 1.24 bits per heavy atom. The number of nitrogens with zero attached hydrogens (tertiary/aromatic N) is 2. The summed E-state index contributed by atoms with van der Waals surface area (Å²) in [7, 11) is 1.60. The number of piperidine rings is 1. The van der Waals surface area contributed by atoms with Gasteiger partial charge in [-0.05, 0) is 36.6 Å². The number of H-pyrrole nitrogens is 1. The average molecular weight is 393 g/mol. The van der Waals surface area contributed by atoms with Gasteiger partial charge in [0.2, 0.25) is 0 Å². The van der Waals surface area contributed by atoms with Crippen molar-refractivity contribution in [1.82, 2.24) is 14.5 Å². The average Bonchev–Trinajstić information content (AvgIpc) is 3.11. The first kappa shape index (κ1) is 18.0. The summed E-state index contributed by atoms with van der Waals surface area (Å²) >= 11 is 0. The van der Waals surface area contributed by atoms with Crippen LogP contribution >= 0.6 is 0 Å². The number of carboxylic acid groups (broad SMARTS) is 1. The van der Waals surface area contributed by atoms with Crippen LogP contribution in [-0.2, 0) is 11.3 Å². The van der Waals surface area contributed by atoms with Gasteiger partial charge in [-0.1, -0.05) is 6.07 Å². The molecule has 2 N–H and O–H groups in total. The number of methoxy groups -OCH3 is 1. The molecule has 4 heterocycles. The van der Waals surface area contributed by atoms with Crippen LogP contribution in [0.4, 0.5) is 0 Å². The number of aliphatic carboxylic acids is 1. The highest BCUT2D eigenvalue weighted by Gasteiger charge is 2.40. The summed E-state index contributed by atoms with van der Waals surface area (Å²) in [6.45, 7) is 1.93. The van der Waals surface area contributed by atoms with Crippen molar-refractivity contribution in [2.24, 2.45) is 5.92 Å². The molecule has 1 aromatic carbocycles. The third-order valence-electron chi connectivity index (χ3n) is 6.32. The van der Waals surface area contributed by atoms with Crippen molar-refractivity contribution < 1.29 is 14.6 Å². The van der Waals surface area contributed by atoms with E-state index in [1.807, 2.05) is 28.8 Å². The fourth-order valence-electron chi connectivity index (χ4n) is 5.10. The van der Waals surface area contributed by atoms with E-state index in [0.29, 0.717) is 25.4 Å². The summed E-state index contributed by atoms with van der Waals surface area (Å²) in [5.74, 6) is 0.270. The summed E-state index contributed by atoms with van der Waals surface area (Å²) in [5.41, 5.74) is 2.69. The molecular weight excluding hydrogens is 370 g/mol. The predicted molar refractivity (Wildman–Crippen MR) is 108 cm³/mol. The monoisotopic (exact) mass is 393 g/mol. The first-order valence-electron chi connectivity index (χ1n) is 9.86. The molecule has 5 rings (SSSR count). The molecule has 3 aromatic rings. The molecule has 1 fully saturated rings. The minimum atomic E-state index is -0.862. The zero-order valence-electron chi connectivity index (χ0n) is 16.2. The Morgan fingerprint density at radius 3 is 2.90 bits per heavy atom. The van der Waals surface area contributed by atoms with Crippen molar-refractivity contribution in [3.63, 3.8) is 0 Å². The lowest BCUT2D eigenvalue weighted by molar-refractivity contribution is -0.144. The molecule has 0 aliphatic carbocycles. The highest BCUT2D eigenvalue weighted by atomic mass is 16.5. The van der Waals surface area contributed by atoms with Crippen LogP contribution in [0.25, 0.3) is 10.9 Å². The van der Waals surface area contributed by atoms with E-state index in [9.17, 15) is 14.7 Å². The Hall–Kier alpha value is -3.06. The van der Waals surface area contributed by atoms with Gasteiger partial charge >= 0.3 is 5.97 Å². The van der Waals surface area contributed by atoms with Crippen LogP contribution in [0.1, 0.15) is 29.6 Å². The Kier molecular flexibility index (Phi) is 4.20. The number of aromatic amines is 1. The molecule has 29 heavy (non-hydrogen) atoms. The quantitative estimate of drug-likeness (QED) is 0.711. The lowest BCUT2D eigenvalue weighted by Gasteiger charge is -2.44. The Balaban J connectivity index is 1.54. The van der Waals surface area contributed by atoms with E-state index in [1.165, 1.54) is 0 Å². The lowest BCUT2D eigenvalue weighted by atomic mass is 9.82. The number of carbonyl (C=O) groups is 1. The van der Waals surface area contributed by atoms with E-state index >= 15 is 0 Å². The number of likely N-dealkylation sites (tertiary alicyclic amines) is 1. The third kappa shape index (κ3) is 2.93. The number of benzene rings is 1. The number of ether oxygens (including phenoxy) is 1. The number of rotatable bonds is 4. The van der Waals surface area contributed by atoms with Crippen molar-refractivity contribution in [2.45, 2.75) is 24.9 Å². The standard InChI is InChI=1S/C22H23N3O4/c1-29-15-5-6-18-16(8-15)17(9-23-18)21(22(27)28)24-10-13-7-14(12-24)19-3-2-4-20(26)25(19)11-13/h2-6,8-9,13-14,21,23H,7,10-12H2,1H3,(H,27,28)/t13-,14-,21?/m1/s1. The molecule has 7 heteroatoms. The summed E-state index contributed by atoms with van der Waals surface area (Å²) in [4.78, 5) is 29.9. The Bertz CT molecular complexity index is 1150. The minimum Gasteiger partial charge on any atom is -0.497 e. The van der Waals surface area contributed by atoms with Crippen LogP contribution in [0.5, 0.6) is 5.75 Å². The molecule has 0 amide bonds. The molecular formula is C22H23N3O4. The van der Waals surface area contributed by atoms with Crippen LogP contribution in [0.3, 0.4) is 0 Å². The number of aromatic nitrogens is 2. The summed E-state index contributed by atoms with van der Waals surface area (Å²) < 4.78 is 7.20. The van der Waals surface area contributed by atoms with Crippen LogP contribution in [0.2, 0.25) is 0 Å². The fraction of sp³-hybridized carbons (Fsp3) is 0.364. The first-order chi connectivity index (χ1) is 14.0. The minimum absolute atomic E-state index is 0.0316. The molecule has 2 aromatic heterocycles. The van der Waals surface area contributed by atoms with E-state index in [1.54, 1.807) is 25.4 Å². The van der Waals surface area contributed by atoms with E-state index in [2.05, 4.69) is 9.88 Å². The van der Waals surface area contributed by atoms with Crippen LogP contribution in [0.15, 0.2) is 47.4 Å². The second kappa shape index (κ2) is 6.77. The second-order valence-corrected chi connectivity index (χ2v) is 8.05. The van der Waals surface area contributed by atoms with E-state index < -0.39 is 12.0 Å². The van der Waals surface area contributed by atoms with Gasteiger partial charge in [0.05, 0.1) is 7.11 Å². The maximum atomic E-state index is 12.4. The molecule has 0 radical (unpaired) electrons. The molecule has 1 saturated heterocycles. The van der Waals surface area contributed by atoms with Gasteiger partial charge in [-0.15, -0.1) is 0 Å². The molecule has 150 valence electrons. The molecule has 0 saturated carbocycles. The summed E-state index contributed by atoms with van der Waals surface area (Å²) in [6, 6.07) is 10.3. The highest BCUT2D eigenvalue weighted by Crippen LogP contribution is 2.40. The van der Waals surface area contributed by atoms with Gasteiger partial charge in [-0.3, -0.25) is 14.5 Å². The zero-order chi connectivity index (χ0) is 20.1. The second-order valence-electron chi connectivity index (χ2n) is 8.05. The van der Waals surface area contributed by atoms with Crippen molar-refractivity contribution >= 4 is 16.9 Å². The zero-order valence-corrected chi connectivity index (χ0v) is 16.2. The molecule has 0 spiro atoms. The van der Waals surface area contributed by atoms with Crippen LogP contribution < -0.4 is 10.3 Å². The van der Waals surface area contributed by atoms with E-state index in [-0.39, 0.29) is 17.4 Å². The van der Waals surface area contributed by atoms with Crippen molar-refractivity contribution in [2.75, 3.05) is 20.2 Å². The van der Waals surface area contributed by atoms with Crippen molar-refractivity contribution in [1.29, 1.82) is 0 Å². The van der Waals surface area contributed by atoms with Gasteiger partial charge in [0.15, 0.2) is 0 Å². The normalized spacial score (nSPS) is 22.2. The molecule has 2 aliphatic heterocycles.